The molecule has 0 N–H and O–H groups in total. The Labute approximate surface area is 105 Å². The molecule has 0 amide bonds. The van der Waals surface area contributed by atoms with Gasteiger partial charge in [0.25, 0.3) is 0 Å². The molecule has 1 aromatic carbocycles. The van der Waals surface area contributed by atoms with Crippen molar-refractivity contribution in [3.63, 3.8) is 0 Å². The van der Waals surface area contributed by atoms with E-state index in [1.807, 2.05) is 24.3 Å². The summed E-state index contributed by atoms with van der Waals surface area (Å²) >= 11 is 6.30. The van der Waals surface area contributed by atoms with Crippen LogP contribution in [0.3, 0.4) is 0 Å². The van der Waals surface area contributed by atoms with E-state index in [4.69, 9.17) is 11.6 Å². The first-order valence-electron chi connectivity index (χ1n) is 5.49. The van der Waals surface area contributed by atoms with Gasteiger partial charge in [-0.1, -0.05) is 35.9 Å². The molecule has 1 aliphatic rings. The molecule has 0 spiro atoms. The second-order valence-corrected chi connectivity index (χ2v) is 4.30. The smallest absolute Gasteiger partial charge is 0.0676 e. The van der Waals surface area contributed by atoms with Crippen molar-refractivity contribution >= 4 is 29.1 Å². The summed E-state index contributed by atoms with van der Waals surface area (Å²) in [7, 11) is 0. The van der Waals surface area contributed by atoms with Gasteiger partial charge >= 0.3 is 0 Å². The highest BCUT2D eigenvalue weighted by molar-refractivity contribution is 6.33. The monoisotopic (exact) mass is 242 g/mol. The van der Waals surface area contributed by atoms with Gasteiger partial charge in [-0.05, 0) is 23.8 Å². The van der Waals surface area contributed by atoms with E-state index in [1.165, 1.54) is 0 Å². The number of halogens is 1. The minimum absolute atomic E-state index is 0.781. The van der Waals surface area contributed by atoms with Crippen molar-refractivity contribution in [1.29, 1.82) is 0 Å². The number of anilines is 2. The number of rotatable bonds is 1. The lowest BCUT2D eigenvalue weighted by Gasteiger charge is -2.29. The van der Waals surface area contributed by atoms with E-state index < -0.39 is 0 Å². The molecule has 0 unspecified atom stereocenters. The van der Waals surface area contributed by atoms with Gasteiger partial charge in [0, 0.05) is 24.6 Å². The maximum atomic E-state index is 6.30. The number of benzene rings is 1. The second kappa shape index (κ2) is 4.22. The van der Waals surface area contributed by atoms with Gasteiger partial charge in [-0.25, -0.2) is 0 Å². The average molecular weight is 243 g/mol. The molecule has 1 aliphatic heterocycles. The van der Waals surface area contributed by atoms with Crippen molar-refractivity contribution in [3.05, 3.63) is 59.4 Å². The molecule has 2 nitrogen and oxygen atoms in total. The first-order valence-corrected chi connectivity index (χ1v) is 5.87. The summed E-state index contributed by atoms with van der Waals surface area (Å²) in [6, 6.07) is 9.96. The molecule has 1 aromatic heterocycles. The molecule has 84 valence electrons. The molecule has 2 heterocycles. The summed E-state index contributed by atoms with van der Waals surface area (Å²) in [4.78, 5) is 6.23. The maximum Gasteiger partial charge on any atom is 0.0676 e. The van der Waals surface area contributed by atoms with Crippen LogP contribution in [0.1, 0.15) is 5.56 Å². The third-order valence-electron chi connectivity index (χ3n) is 2.85. The van der Waals surface area contributed by atoms with Crippen LogP contribution in [0.25, 0.3) is 6.08 Å². The minimum Gasteiger partial charge on any atom is -0.336 e. The normalized spacial score (nSPS) is 13.6. The van der Waals surface area contributed by atoms with E-state index in [2.05, 4.69) is 28.1 Å². The standard InChI is InChI=1S/C14H11ClN2/c15-13-5-1-3-11-4-2-10-17(14(11)13)12-6-8-16-9-7-12/h1-9H,10H2. The summed E-state index contributed by atoms with van der Waals surface area (Å²) in [6.45, 7) is 0.834. The SMILES string of the molecule is Clc1cccc2c1N(c1ccncc1)CC=C2. The average Bonchev–Trinajstić information content (AvgIpc) is 2.39. The highest BCUT2D eigenvalue weighted by Crippen LogP contribution is 2.37. The van der Waals surface area contributed by atoms with E-state index in [1.54, 1.807) is 12.4 Å². The molecule has 0 aliphatic carbocycles. The Balaban J connectivity index is 2.14. The molecule has 3 heteroatoms. The van der Waals surface area contributed by atoms with Crippen molar-refractivity contribution in [2.45, 2.75) is 0 Å². The van der Waals surface area contributed by atoms with Gasteiger partial charge in [0.2, 0.25) is 0 Å². The Bertz CT molecular complexity index is 564. The van der Waals surface area contributed by atoms with Gasteiger partial charge in [-0.3, -0.25) is 4.98 Å². The van der Waals surface area contributed by atoms with Crippen molar-refractivity contribution in [3.8, 4) is 0 Å². The van der Waals surface area contributed by atoms with Gasteiger partial charge in [-0.15, -0.1) is 0 Å². The van der Waals surface area contributed by atoms with Crippen molar-refractivity contribution in [2.75, 3.05) is 11.4 Å². The Morgan fingerprint density at radius 1 is 1.12 bits per heavy atom. The molecular formula is C14H11ClN2. The van der Waals surface area contributed by atoms with Crippen LogP contribution in [0.4, 0.5) is 11.4 Å². The van der Waals surface area contributed by atoms with Crippen LogP contribution in [-0.4, -0.2) is 11.5 Å². The molecule has 2 aromatic rings. The quantitative estimate of drug-likeness (QED) is 0.754. The molecule has 0 fully saturated rings. The molecular weight excluding hydrogens is 232 g/mol. The predicted octanol–water partition coefficient (Wildman–Crippen LogP) is 3.90. The zero-order valence-corrected chi connectivity index (χ0v) is 9.93. The number of fused-ring (bicyclic) bond motifs is 1. The fraction of sp³-hybridized carbons (Fsp3) is 0.0714. The third-order valence-corrected chi connectivity index (χ3v) is 3.15. The van der Waals surface area contributed by atoms with Crippen LogP contribution in [0.5, 0.6) is 0 Å². The lowest BCUT2D eigenvalue weighted by Crippen LogP contribution is -2.20. The predicted molar refractivity (Wildman–Crippen MR) is 71.7 cm³/mol. The van der Waals surface area contributed by atoms with E-state index in [0.29, 0.717) is 0 Å². The topological polar surface area (TPSA) is 16.1 Å². The van der Waals surface area contributed by atoms with Crippen LogP contribution in [0.15, 0.2) is 48.8 Å². The second-order valence-electron chi connectivity index (χ2n) is 3.90. The van der Waals surface area contributed by atoms with E-state index in [-0.39, 0.29) is 0 Å². The summed E-state index contributed by atoms with van der Waals surface area (Å²) < 4.78 is 0. The molecule has 17 heavy (non-hydrogen) atoms. The van der Waals surface area contributed by atoms with Gasteiger partial charge in [-0.2, -0.15) is 0 Å². The Morgan fingerprint density at radius 3 is 2.76 bits per heavy atom. The number of hydrogen-bond acceptors (Lipinski definition) is 2. The first kappa shape index (κ1) is 10.4. The highest BCUT2D eigenvalue weighted by Gasteiger charge is 2.17. The van der Waals surface area contributed by atoms with Crippen LogP contribution in [0, 0.1) is 0 Å². The fourth-order valence-corrected chi connectivity index (χ4v) is 2.37. The van der Waals surface area contributed by atoms with Gasteiger partial charge in [0.15, 0.2) is 0 Å². The molecule has 0 saturated carbocycles. The van der Waals surface area contributed by atoms with E-state index >= 15 is 0 Å². The fourth-order valence-electron chi connectivity index (χ4n) is 2.09. The number of hydrogen-bond donors (Lipinski definition) is 0. The van der Waals surface area contributed by atoms with Crippen LogP contribution in [-0.2, 0) is 0 Å². The minimum atomic E-state index is 0.781. The molecule has 0 radical (unpaired) electrons. The molecule has 3 rings (SSSR count). The Morgan fingerprint density at radius 2 is 1.94 bits per heavy atom. The highest BCUT2D eigenvalue weighted by atomic mass is 35.5. The van der Waals surface area contributed by atoms with Crippen LogP contribution in [0.2, 0.25) is 5.02 Å². The first-order chi connectivity index (χ1) is 8.36. The molecule has 0 saturated heterocycles. The Kier molecular flexibility index (Phi) is 2.57. The lowest BCUT2D eigenvalue weighted by atomic mass is 10.1. The third kappa shape index (κ3) is 1.81. The van der Waals surface area contributed by atoms with Gasteiger partial charge < -0.3 is 4.90 Å². The zero-order valence-electron chi connectivity index (χ0n) is 9.18. The Hall–Kier alpha value is -1.80. The van der Waals surface area contributed by atoms with Gasteiger partial charge in [0.05, 0.1) is 10.7 Å². The van der Waals surface area contributed by atoms with E-state index in [0.717, 1.165) is 28.5 Å². The summed E-state index contributed by atoms with van der Waals surface area (Å²) in [5.41, 5.74) is 3.34. The molecule has 0 atom stereocenters. The zero-order chi connectivity index (χ0) is 11.7. The number of aromatic nitrogens is 1. The van der Waals surface area contributed by atoms with Crippen molar-refractivity contribution < 1.29 is 0 Å². The summed E-state index contributed by atoms with van der Waals surface area (Å²) in [6.07, 6.45) is 7.84. The number of pyridine rings is 1. The van der Waals surface area contributed by atoms with Gasteiger partial charge in [0.1, 0.15) is 0 Å². The maximum absolute atomic E-state index is 6.30. The van der Waals surface area contributed by atoms with Crippen LogP contribution >= 0.6 is 11.6 Å². The lowest BCUT2D eigenvalue weighted by molar-refractivity contribution is 1.08. The van der Waals surface area contributed by atoms with E-state index in [9.17, 15) is 0 Å². The summed E-state index contributed by atoms with van der Waals surface area (Å²) in [5, 5.41) is 0.781. The van der Waals surface area contributed by atoms with Crippen molar-refractivity contribution in [2.24, 2.45) is 0 Å². The molecule has 0 bridgehead atoms. The largest absolute Gasteiger partial charge is 0.336 e. The van der Waals surface area contributed by atoms with Crippen LogP contribution < -0.4 is 4.90 Å². The number of para-hydroxylation sites is 1. The van der Waals surface area contributed by atoms with Crippen molar-refractivity contribution in [1.82, 2.24) is 4.98 Å². The number of nitrogens with zero attached hydrogens (tertiary/aromatic N) is 2. The summed E-state index contributed by atoms with van der Waals surface area (Å²) in [5.74, 6) is 0.